The molecule has 0 bridgehead atoms. The Balaban J connectivity index is 1.52. The lowest BCUT2D eigenvalue weighted by Crippen LogP contribution is -2.20. The van der Waals surface area contributed by atoms with Gasteiger partial charge in [0.2, 0.25) is 0 Å². The fourth-order valence-electron chi connectivity index (χ4n) is 3.73. The molecular weight excluding hydrogens is 278 g/mol. The van der Waals surface area contributed by atoms with Crippen LogP contribution in [0.25, 0.3) is 0 Å². The summed E-state index contributed by atoms with van der Waals surface area (Å²) in [5.41, 5.74) is 1.17. The van der Waals surface area contributed by atoms with Gasteiger partial charge in [-0.25, -0.2) is 4.79 Å². The van der Waals surface area contributed by atoms with Crippen molar-refractivity contribution in [3.63, 3.8) is 0 Å². The third-order valence-electron chi connectivity index (χ3n) is 4.90. The van der Waals surface area contributed by atoms with E-state index >= 15 is 0 Å². The molecule has 2 atom stereocenters. The summed E-state index contributed by atoms with van der Waals surface area (Å²) in [5.74, 6) is 0.623. The smallest absolute Gasteiger partial charge is 0.410 e. The quantitative estimate of drug-likeness (QED) is 0.780. The van der Waals surface area contributed by atoms with Gasteiger partial charge >= 0.3 is 6.09 Å². The highest BCUT2D eigenvalue weighted by Crippen LogP contribution is 2.42. The highest BCUT2D eigenvalue weighted by molar-refractivity contribution is 5.72. The predicted octanol–water partition coefficient (Wildman–Crippen LogP) is 3.60. The molecule has 1 saturated heterocycles. The molecule has 22 heavy (non-hydrogen) atoms. The summed E-state index contributed by atoms with van der Waals surface area (Å²) >= 11 is 0. The predicted molar refractivity (Wildman–Crippen MR) is 84.5 cm³/mol. The van der Waals surface area contributed by atoms with Gasteiger partial charge in [0.25, 0.3) is 0 Å². The minimum Gasteiger partial charge on any atom is -0.453 e. The summed E-state index contributed by atoms with van der Waals surface area (Å²) in [6.45, 7) is 1.20. The van der Waals surface area contributed by atoms with Gasteiger partial charge in [0.1, 0.15) is 0 Å². The number of amides is 1. The van der Waals surface area contributed by atoms with Gasteiger partial charge in [0.05, 0.1) is 32.4 Å². The third kappa shape index (κ3) is 3.43. The minimum absolute atomic E-state index is 0.194. The molecule has 4 heteroatoms. The molecule has 0 aromatic heterocycles. The summed E-state index contributed by atoms with van der Waals surface area (Å²) in [6.07, 6.45) is 6.16. The lowest BCUT2D eigenvalue weighted by Gasteiger charge is -2.21. The van der Waals surface area contributed by atoms with E-state index in [1.165, 1.54) is 44.8 Å². The van der Waals surface area contributed by atoms with Gasteiger partial charge < -0.3 is 9.47 Å². The highest BCUT2D eigenvalue weighted by Gasteiger charge is 2.55. The number of hydrogen-bond donors (Lipinski definition) is 0. The Hall–Kier alpha value is -1.55. The SMILES string of the molecule is COC(=O)N1[C@H](COCc2ccccc2)[C@H]1C1CCCCC1. The number of carbonyl (C=O) groups is 1. The van der Waals surface area contributed by atoms with Crippen LogP contribution in [-0.2, 0) is 16.1 Å². The van der Waals surface area contributed by atoms with Gasteiger partial charge in [-0.1, -0.05) is 49.6 Å². The van der Waals surface area contributed by atoms with E-state index in [4.69, 9.17) is 9.47 Å². The molecule has 3 rings (SSSR count). The summed E-state index contributed by atoms with van der Waals surface area (Å²) in [7, 11) is 1.46. The molecule has 1 aliphatic heterocycles. The molecule has 0 spiro atoms. The zero-order valence-corrected chi connectivity index (χ0v) is 13.2. The largest absolute Gasteiger partial charge is 0.453 e. The number of nitrogens with zero attached hydrogens (tertiary/aromatic N) is 1. The van der Waals surface area contributed by atoms with E-state index in [-0.39, 0.29) is 12.1 Å². The van der Waals surface area contributed by atoms with Crippen LogP contribution >= 0.6 is 0 Å². The summed E-state index contributed by atoms with van der Waals surface area (Å²) in [6, 6.07) is 10.7. The molecule has 1 aliphatic carbocycles. The number of rotatable bonds is 5. The molecule has 0 radical (unpaired) electrons. The molecule has 1 aromatic rings. The Kier molecular flexibility index (Phi) is 4.98. The first-order valence-corrected chi connectivity index (χ1v) is 8.29. The molecule has 2 fully saturated rings. The van der Waals surface area contributed by atoms with E-state index in [2.05, 4.69) is 12.1 Å². The Labute approximate surface area is 132 Å². The summed E-state index contributed by atoms with van der Waals surface area (Å²) in [5, 5.41) is 0. The Morgan fingerprint density at radius 3 is 2.59 bits per heavy atom. The first-order chi connectivity index (χ1) is 10.8. The van der Waals surface area contributed by atoms with E-state index in [0.717, 1.165) is 0 Å². The molecule has 1 amide bonds. The number of carbonyl (C=O) groups excluding carboxylic acids is 1. The number of benzene rings is 1. The van der Waals surface area contributed by atoms with Gasteiger partial charge in [0, 0.05) is 0 Å². The third-order valence-corrected chi connectivity index (χ3v) is 4.90. The van der Waals surface area contributed by atoms with E-state index < -0.39 is 0 Å². The monoisotopic (exact) mass is 303 g/mol. The fourth-order valence-corrected chi connectivity index (χ4v) is 3.73. The molecule has 120 valence electrons. The van der Waals surface area contributed by atoms with Crippen LogP contribution in [0.1, 0.15) is 37.7 Å². The number of hydrogen-bond acceptors (Lipinski definition) is 3. The molecule has 0 N–H and O–H groups in total. The van der Waals surface area contributed by atoms with Crippen molar-refractivity contribution in [3.8, 4) is 0 Å². The number of ether oxygens (including phenoxy) is 2. The van der Waals surface area contributed by atoms with Crippen LogP contribution in [-0.4, -0.2) is 36.8 Å². The minimum atomic E-state index is -0.205. The van der Waals surface area contributed by atoms with Crippen LogP contribution in [0.3, 0.4) is 0 Å². The maximum absolute atomic E-state index is 11.9. The van der Waals surface area contributed by atoms with Crippen molar-refractivity contribution in [2.45, 2.75) is 50.8 Å². The second kappa shape index (κ2) is 7.14. The average Bonchev–Trinajstić information content (AvgIpc) is 3.30. The molecule has 0 unspecified atom stereocenters. The molecule has 1 saturated carbocycles. The first kappa shape index (κ1) is 15.3. The normalized spacial score (nSPS) is 25.0. The van der Waals surface area contributed by atoms with Crippen LogP contribution < -0.4 is 0 Å². The maximum Gasteiger partial charge on any atom is 0.410 e. The van der Waals surface area contributed by atoms with Crippen molar-refractivity contribution in [3.05, 3.63) is 35.9 Å². The average molecular weight is 303 g/mol. The van der Waals surface area contributed by atoms with Gasteiger partial charge in [-0.2, -0.15) is 0 Å². The van der Waals surface area contributed by atoms with Crippen molar-refractivity contribution < 1.29 is 14.3 Å². The van der Waals surface area contributed by atoms with Gasteiger partial charge in [-0.15, -0.1) is 0 Å². The van der Waals surface area contributed by atoms with Crippen LogP contribution in [0.5, 0.6) is 0 Å². The fraction of sp³-hybridized carbons (Fsp3) is 0.611. The van der Waals surface area contributed by atoms with Crippen LogP contribution in [0.15, 0.2) is 30.3 Å². The van der Waals surface area contributed by atoms with Crippen molar-refractivity contribution in [1.82, 2.24) is 4.90 Å². The molecule has 1 aromatic carbocycles. The Morgan fingerprint density at radius 2 is 1.91 bits per heavy atom. The standard InChI is InChI=1S/C18H25NO3/c1-21-18(20)19-16(17(19)15-10-6-3-7-11-15)13-22-12-14-8-4-2-5-9-14/h2,4-5,8-9,15-17H,3,6-7,10-13H2,1H3/t16-,17-,19?/m1/s1. The highest BCUT2D eigenvalue weighted by atomic mass is 16.5. The van der Waals surface area contributed by atoms with E-state index in [9.17, 15) is 4.79 Å². The number of methoxy groups -OCH3 is 1. The topological polar surface area (TPSA) is 38.5 Å². The van der Waals surface area contributed by atoms with Gasteiger partial charge in [0.15, 0.2) is 0 Å². The van der Waals surface area contributed by atoms with Gasteiger partial charge in [-0.3, -0.25) is 4.90 Å². The van der Waals surface area contributed by atoms with E-state index in [0.29, 0.717) is 25.2 Å². The lowest BCUT2D eigenvalue weighted by atomic mass is 9.86. The van der Waals surface area contributed by atoms with Crippen LogP contribution in [0.4, 0.5) is 4.79 Å². The molecular formula is C18H25NO3. The molecule has 2 aliphatic rings. The Bertz CT molecular complexity index is 484. The zero-order chi connectivity index (χ0) is 15.4. The second-order valence-corrected chi connectivity index (χ2v) is 6.33. The van der Waals surface area contributed by atoms with E-state index in [1.807, 2.05) is 23.1 Å². The summed E-state index contributed by atoms with van der Waals surface area (Å²) in [4.78, 5) is 13.8. The van der Waals surface area contributed by atoms with Crippen molar-refractivity contribution >= 4 is 6.09 Å². The zero-order valence-electron chi connectivity index (χ0n) is 13.2. The van der Waals surface area contributed by atoms with Crippen LogP contribution in [0.2, 0.25) is 0 Å². The van der Waals surface area contributed by atoms with Crippen LogP contribution in [0, 0.1) is 5.92 Å². The Morgan fingerprint density at radius 1 is 1.18 bits per heavy atom. The van der Waals surface area contributed by atoms with Crippen molar-refractivity contribution in [2.24, 2.45) is 5.92 Å². The van der Waals surface area contributed by atoms with Gasteiger partial charge in [-0.05, 0) is 24.3 Å². The maximum atomic E-state index is 11.9. The van der Waals surface area contributed by atoms with Crippen molar-refractivity contribution in [1.29, 1.82) is 0 Å². The summed E-state index contributed by atoms with van der Waals surface area (Å²) < 4.78 is 10.8. The molecule has 1 heterocycles. The van der Waals surface area contributed by atoms with E-state index in [1.54, 1.807) is 0 Å². The second-order valence-electron chi connectivity index (χ2n) is 6.33. The molecule has 4 nitrogen and oxygen atoms in total. The lowest BCUT2D eigenvalue weighted by molar-refractivity contribution is 0.107. The first-order valence-electron chi connectivity index (χ1n) is 8.29. The van der Waals surface area contributed by atoms with Crippen molar-refractivity contribution in [2.75, 3.05) is 13.7 Å².